The second-order valence-corrected chi connectivity index (χ2v) is 12.5. The molecular weight excluding hydrogens is 610 g/mol. The van der Waals surface area contributed by atoms with Gasteiger partial charge in [0.25, 0.3) is 5.91 Å². The molecule has 248 valence electrons. The van der Waals surface area contributed by atoms with Crippen LogP contribution in [0.3, 0.4) is 0 Å². The summed E-state index contributed by atoms with van der Waals surface area (Å²) in [5, 5.41) is 3.11. The average Bonchev–Trinajstić information content (AvgIpc) is 3.73. The predicted molar refractivity (Wildman–Crippen MR) is 180 cm³/mol. The summed E-state index contributed by atoms with van der Waals surface area (Å²) < 4.78 is 20.7. The van der Waals surface area contributed by atoms with Gasteiger partial charge in [-0.15, -0.1) is 0 Å². The Morgan fingerprint density at radius 3 is 2.31 bits per heavy atom. The number of nitrogen functional groups attached to an aromatic ring is 1. The van der Waals surface area contributed by atoms with Gasteiger partial charge in [-0.2, -0.15) is 4.68 Å². The predicted octanol–water partition coefficient (Wildman–Crippen LogP) is 3.33. The molecule has 0 spiro atoms. The fourth-order valence-electron chi connectivity index (χ4n) is 6.67. The van der Waals surface area contributed by atoms with Crippen LogP contribution in [0.25, 0.3) is 11.2 Å². The lowest BCUT2D eigenvalue weighted by molar-refractivity contribution is -0.188. The van der Waals surface area contributed by atoms with E-state index in [-0.39, 0.29) is 18.4 Å². The second kappa shape index (κ2) is 12.9. The molecule has 4 atom stereocenters. The molecule has 0 radical (unpaired) electrons. The molecule has 3 aromatic heterocycles. The zero-order valence-corrected chi connectivity index (χ0v) is 27.1. The van der Waals surface area contributed by atoms with Gasteiger partial charge < -0.3 is 19.9 Å². The number of anilines is 2. The van der Waals surface area contributed by atoms with Crippen molar-refractivity contribution in [3.8, 4) is 0 Å². The Morgan fingerprint density at radius 1 is 0.958 bits per heavy atom. The summed E-state index contributed by atoms with van der Waals surface area (Å²) in [5.74, 6) is 6.29. The van der Waals surface area contributed by atoms with Crippen LogP contribution in [0, 0.1) is 0 Å². The van der Waals surface area contributed by atoms with Crippen LogP contribution < -0.4 is 21.6 Å². The number of carbonyl (C=O) groups excluding carboxylic acids is 1. The van der Waals surface area contributed by atoms with Crippen LogP contribution in [-0.4, -0.2) is 73.8 Å². The van der Waals surface area contributed by atoms with Gasteiger partial charge >= 0.3 is 0 Å². The van der Waals surface area contributed by atoms with Gasteiger partial charge in [0.2, 0.25) is 5.95 Å². The summed E-state index contributed by atoms with van der Waals surface area (Å²) in [6.45, 7) is 6.17. The number of aromatic nitrogens is 5. The molecule has 1 amide bonds. The monoisotopic (exact) mass is 649 g/mol. The Morgan fingerprint density at radius 2 is 1.65 bits per heavy atom. The van der Waals surface area contributed by atoms with Crippen molar-refractivity contribution >= 4 is 28.8 Å². The van der Waals surface area contributed by atoms with Crippen LogP contribution in [0.4, 0.5) is 11.8 Å². The molecule has 13 nitrogen and oxygen atoms in total. The first-order valence-corrected chi connectivity index (χ1v) is 16.1. The number of amides is 1. The van der Waals surface area contributed by atoms with Gasteiger partial charge in [0.1, 0.15) is 29.9 Å². The third-order valence-electron chi connectivity index (χ3n) is 8.75. The van der Waals surface area contributed by atoms with Gasteiger partial charge in [-0.1, -0.05) is 66.7 Å². The second-order valence-electron chi connectivity index (χ2n) is 12.5. The van der Waals surface area contributed by atoms with Crippen molar-refractivity contribution in [3.05, 3.63) is 108 Å². The van der Waals surface area contributed by atoms with Crippen molar-refractivity contribution in [2.45, 2.75) is 63.3 Å². The van der Waals surface area contributed by atoms with Crippen molar-refractivity contribution < 1.29 is 19.0 Å². The Labute approximate surface area is 278 Å². The van der Waals surface area contributed by atoms with E-state index < -0.39 is 30.2 Å². The van der Waals surface area contributed by atoms with Gasteiger partial charge in [-0.05, 0) is 44.0 Å². The molecule has 0 bridgehead atoms. The first-order valence-electron chi connectivity index (χ1n) is 16.1. The summed E-state index contributed by atoms with van der Waals surface area (Å²) in [4.78, 5) is 32.6. The number of ether oxygens (including phenoxy) is 3. The highest BCUT2D eigenvalue weighted by Gasteiger charge is 2.58. The van der Waals surface area contributed by atoms with E-state index in [9.17, 15) is 4.79 Å². The summed E-state index contributed by atoms with van der Waals surface area (Å²) >= 11 is 0. The number of hydrogen-bond donors (Lipinski definition) is 2. The molecule has 5 heterocycles. The number of likely N-dealkylation sites (N-methyl/N-ethyl adjacent to an activating group) is 1. The van der Waals surface area contributed by atoms with Crippen molar-refractivity contribution in [1.82, 2.24) is 24.6 Å². The summed E-state index contributed by atoms with van der Waals surface area (Å²) in [6, 6.07) is 25.8. The van der Waals surface area contributed by atoms with Gasteiger partial charge in [-0.3, -0.25) is 9.80 Å². The maximum absolute atomic E-state index is 14.6. The number of carbonyl (C=O) groups is 1. The Kier molecular flexibility index (Phi) is 8.52. The minimum absolute atomic E-state index is 0.0888. The van der Waals surface area contributed by atoms with E-state index >= 15 is 0 Å². The van der Waals surface area contributed by atoms with E-state index in [0.29, 0.717) is 35.9 Å². The smallest absolute Gasteiger partial charge is 0.273 e. The van der Waals surface area contributed by atoms with Crippen LogP contribution in [-0.2, 0) is 25.4 Å². The number of rotatable bonds is 10. The van der Waals surface area contributed by atoms with Crippen molar-refractivity contribution in [2.24, 2.45) is 5.84 Å². The third-order valence-corrected chi connectivity index (χ3v) is 8.75. The number of nitrogens with two attached hydrogens (primary N) is 2. The lowest BCUT2D eigenvalue weighted by Crippen LogP contribution is -2.52. The van der Waals surface area contributed by atoms with Crippen LogP contribution in [0.1, 0.15) is 43.5 Å². The van der Waals surface area contributed by atoms with E-state index in [1.54, 1.807) is 27.0 Å². The average molecular weight is 650 g/mol. The number of fused-ring (bicyclic) bond motifs is 2. The summed E-state index contributed by atoms with van der Waals surface area (Å²) in [5.41, 5.74) is 9.79. The van der Waals surface area contributed by atoms with Crippen molar-refractivity contribution in [3.63, 3.8) is 0 Å². The number of benzene rings is 2. The molecule has 7 rings (SSSR count). The van der Waals surface area contributed by atoms with Gasteiger partial charge in [0.15, 0.2) is 17.5 Å². The molecule has 2 fully saturated rings. The largest absolute Gasteiger partial charge is 0.384 e. The van der Waals surface area contributed by atoms with E-state index in [2.05, 4.69) is 39.2 Å². The minimum Gasteiger partial charge on any atom is -0.384 e. The van der Waals surface area contributed by atoms with Crippen LogP contribution in [0.5, 0.6) is 0 Å². The quantitative estimate of drug-likeness (QED) is 0.169. The standard InChI is InChI=1S/C35H39N9O4/c1-4-43(33(45)31-30-29(47-35(2,3)48-30)27(46-31)18-24-16-11-17-28(36)40-24)44-32-26(19-38-21-39-32)41-34(44)42(37)20-25(22-12-7-5-8-13-22)23-14-9-6-10-15-23/h5-17,19,21,25,27,29-31H,4,18,20,37H2,1-3H3,(H2,36,40)/t27-,29-,30-,31-/m0/s1. The molecular formula is C35H39N9O4. The van der Waals surface area contributed by atoms with E-state index in [0.717, 1.165) is 16.8 Å². The molecule has 2 saturated heterocycles. The van der Waals surface area contributed by atoms with Crippen molar-refractivity contribution in [1.29, 1.82) is 0 Å². The van der Waals surface area contributed by atoms with Crippen molar-refractivity contribution in [2.75, 3.05) is 28.8 Å². The molecule has 2 aliphatic rings. The molecule has 2 aliphatic heterocycles. The lowest BCUT2D eigenvalue weighted by atomic mass is 9.91. The number of pyridine rings is 1. The first-order chi connectivity index (χ1) is 23.2. The van der Waals surface area contributed by atoms with E-state index in [1.807, 2.05) is 69.3 Å². The van der Waals surface area contributed by atoms with Crippen LogP contribution in [0.2, 0.25) is 0 Å². The number of nitrogens with zero attached hydrogens (tertiary/aromatic N) is 7. The van der Waals surface area contributed by atoms with E-state index in [4.69, 9.17) is 30.8 Å². The molecule has 0 saturated carbocycles. The highest BCUT2D eigenvalue weighted by atomic mass is 16.8. The maximum atomic E-state index is 14.6. The molecule has 13 heteroatoms. The summed E-state index contributed by atoms with van der Waals surface area (Å²) in [7, 11) is 0. The normalized spacial score (nSPS) is 21.4. The van der Waals surface area contributed by atoms with Gasteiger partial charge in [0, 0.05) is 31.1 Å². The lowest BCUT2D eigenvalue weighted by Gasteiger charge is -2.31. The number of hydrogen-bond acceptors (Lipinski definition) is 11. The van der Waals surface area contributed by atoms with E-state index in [1.165, 1.54) is 6.33 Å². The molecule has 2 aromatic carbocycles. The van der Waals surface area contributed by atoms with Crippen LogP contribution >= 0.6 is 0 Å². The van der Waals surface area contributed by atoms with Gasteiger partial charge in [-0.25, -0.2) is 30.8 Å². The Hall–Kier alpha value is -4.95. The fourth-order valence-corrected chi connectivity index (χ4v) is 6.67. The SMILES string of the molecule is CCN(C(=O)[C@H]1O[C@@H](Cc2cccc(N)n2)[C@@H]2OC(C)(C)O[C@@H]21)n1c(N(N)CC(c2ccccc2)c2ccccc2)nc2cncnc21. The third kappa shape index (κ3) is 6.08. The molecule has 0 unspecified atom stereocenters. The van der Waals surface area contributed by atoms with Gasteiger partial charge in [0.05, 0.1) is 12.3 Å². The van der Waals surface area contributed by atoms with Crippen LogP contribution in [0.15, 0.2) is 91.4 Å². The molecule has 48 heavy (non-hydrogen) atoms. The Bertz CT molecular complexity index is 1850. The highest BCUT2D eigenvalue weighted by molar-refractivity contribution is 5.93. The zero-order chi connectivity index (χ0) is 33.4. The zero-order valence-electron chi connectivity index (χ0n) is 27.1. The molecule has 0 aliphatic carbocycles. The highest BCUT2D eigenvalue weighted by Crippen LogP contribution is 2.40. The first kappa shape index (κ1) is 31.6. The molecule has 4 N–H and O–H groups in total. The maximum Gasteiger partial charge on any atom is 0.273 e. The number of imidazole rings is 1. The number of hydrazine groups is 1. The Balaban J connectivity index is 1.23. The minimum atomic E-state index is -0.984. The molecule has 5 aromatic rings. The topological polar surface area (TPSA) is 160 Å². The fraction of sp³-hybridized carbons (Fsp3) is 0.343. The summed E-state index contributed by atoms with van der Waals surface area (Å²) in [6.07, 6.45) is 0.785.